The molecule has 0 saturated carbocycles. The second-order valence-corrected chi connectivity index (χ2v) is 3.07. The van der Waals surface area contributed by atoms with Crippen molar-refractivity contribution in [3.8, 4) is 11.5 Å². The monoisotopic (exact) mass is 227 g/mol. The number of carbonyl (C=O) groups excluding carboxylic acids is 1. The second-order valence-electron chi connectivity index (χ2n) is 3.07. The minimum atomic E-state index is -2.28. The summed E-state index contributed by atoms with van der Waals surface area (Å²) in [5.41, 5.74) is 5.61. The maximum absolute atomic E-state index is 11.5. The van der Waals surface area contributed by atoms with Crippen LogP contribution in [-0.2, 0) is 15.9 Å². The number of benzene rings is 1. The summed E-state index contributed by atoms with van der Waals surface area (Å²) in [5.74, 6) is -1.81. The van der Waals surface area contributed by atoms with Crippen molar-refractivity contribution in [2.45, 2.75) is 19.3 Å². The quantitative estimate of drug-likeness (QED) is 0.515. The summed E-state index contributed by atoms with van der Waals surface area (Å²) in [6.45, 7) is 1.63. The van der Waals surface area contributed by atoms with E-state index in [-0.39, 0.29) is 17.9 Å². The number of phenols is 2. The molecule has 5 nitrogen and oxygen atoms in total. The molecular weight excluding hydrogens is 210 g/mol. The highest BCUT2D eigenvalue weighted by atomic mass is 16.5. The van der Waals surface area contributed by atoms with Gasteiger partial charge >= 0.3 is 5.97 Å². The van der Waals surface area contributed by atoms with Gasteiger partial charge in [0.25, 0.3) is 0 Å². The van der Waals surface area contributed by atoms with Gasteiger partial charge in [-0.1, -0.05) is 6.07 Å². The first-order chi connectivity index (χ1) is 8.30. The Hall–Kier alpha value is -1.75. The highest BCUT2D eigenvalue weighted by Crippen LogP contribution is 2.25. The van der Waals surface area contributed by atoms with Gasteiger partial charge in [-0.2, -0.15) is 0 Å². The van der Waals surface area contributed by atoms with Gasteiger partial charge in [0.05, 0.1) is 7.98 Å². The predicted molar refractivity (Wildman–Crippen MR) is 58.1 cm³/mol. The van der Waals surface area contributed by atoms with Crippen LogP contribution in [-0.4, -0.2) is 28.8 Å². The van der Waals surface area contributed by atoms with E-state index in [1.54, 1.807) is 6.92 Å². The summed E-state index contributed by atoms with van der Waals surface area (Å²) in [5, 5.41) is 18.4. The van der Waals surface area contributed by atoms with Crippen LogP contribution < -0.4 is 5.73 Å². The lowest BCUT2D eigenvalue weighted by Crippen LogP contribution is -2.34. The Morgan fingerprint density at radius 2 is 2.31 bits per heavy atom. The van der Waals surface area contributed by atoms with Crippen molar-refractivity contribution in [3.05, 3.63) is 23.8 Å². The lowest BCUT2D eigenvalue weighted by Gasteiger charge is -2.10. The molecule has 0 bridgehead atoms. The maximum Gasteiger partial charge on any atom is 0.323 e. The zero-order valence-electron chi connectivity index (χ0n) is 10.8. The number of carbonyl (C=O) groups is 1. The minimum Gasteiger partial charge on any atom is -0.504 e. The van der Waals surface area contributed by atoms with Crippen LogP contribution in [0.5, 0.6) is 11.5 Å². The minimum absolute atomic E-state index is 0.0597. The van der Waals surface area contributed by atoms with Gasteiger partial charge < -0.3 is 20.7 Å². The molecule has 0 spiro atoms. The third kappa shape index (κ3) is 3.13. The van der Waals surface area contributed by atoms with E-state index >= 15 is 0 Å². The molecule has 1 rings (SSSR count). The van der Waals surface area contributed by atoms with Gasteiger partial charge in [0.1, 0.15) is 6.02 Å². The van der Waals surface area contributed by atoms with Crippen molar-refractivity contribution in [1.29, 1.82) is 0 Å². The highest BCUT2D eigenvalue weighted by molar-refractivity contribution is 5.75. The zero-order valence-corrected chi connectivity index (χ0v) is 8.80. The highest BCUT2D eigenvalue weighted by Gasteiger charge is 2.15. The van der Waals surface area contributed by atoms with E-state index in [0.717, 1.165) is 12.1 Å². The molecule has 0 amide bonds. The van der Waals surface area contributed by atoms with Crippen LogP contribution in [0.3, 0.4) is 0 Å². The Kier molecular flexibility index (Phi) is 3.18. The Bertz CT molecular complexity index is 451. The fourth-order valence-electron chi connectivity index (χ4n) is 1.08. The summed E-state index contributed by atoms with van der Waals surface area (Å²) in [4.78, 5) is 11.5. The molecule has 88 valence electrons. The number of ether oxygens (including phenoxy) is 1. The largest absolute Gasteiger partial charge is 0.504 e. The average molecular weight is 227 g/mol. The molecule has 1 aromatic carbocycles. The Balaban J connectivity index is 3.01. The van der Waals surface area contributed by atoms with Crippen molar-refractivity contribution >= 4 is 5.97 Å². The SMILES string of the molecule is [2H][C@@H](c1ccc(O)c(O)c1)[C@]([2H])(N)C(=O)OCC. The molecule has 5 heteroatoms. The van der Waals surface area contributed by atoms with Crippen LogP contribution in [0.1, 0.15) is 15.2 Å². The summed E-state index contributed by atoms with van der Waals surface area (Å²) in [7, 11) is 0. The Labute approximate surface area is 96.3 Å². The molecule has 0 radical (unpaired) electrons. The van der Waals surface area contributed by atoms with Gasteiger partial charge in [0.15, 0.2) is 11.5 Å². The molecule has 0 heterocycles. The van der Waals surface area contributed by atoms with E-state index in [0.29, 0.717) is 0 Å². The van der Waals surface area contributed by atoms with E-state index < -0.39 is 24.1 Å². The number of rotatable bonds is 4. The topological polar surface area (TPSA) is 92.8 Å². The van der Waals surface area contributed by atoms with Gasteiger partial charge in [0, 0.05) is 1.37 Å². The molecule has 0 aliphatic heterocycles. The number of esters is 1. The smallest absolute Gasteiger partial charge is 0.323 e. The number of hydrogen-bond donors (Lipinski definition) is 3. The Morgan fingerprint density at radius 1 is 1.62 bits per heavy atom. The number of hydrogen-bond acceptors (Lipinski definition) is 5. The Morgan fingerprint density at radius 3 is 2.88 bits per heavy atom. The molecule has 0 aliphatic rings. The third-order valence-electron chi connectivity index (χ3n) is 1.83. The third-order valence-corrected chi connectivity index (χ3v) is 1.83. The van der Waals surface area contributed by atoms with Crippen LogP contribution in [0, 0.1) is 0 Å². The van der Waals surface area contributed by atoms with Crippen molar-refractivity contribution in [1.82, 2.24) is 0 Å². The summed E-state index contributed by atoms with van der Waals surface area (Å²) in [6, 6.07) is 1.28. The number of phenolic OH excluding ortho intramolecular Hbond substituents is 2. The van der Waals surface area contributed by atoms with Gasteiger partial charge in [-0.25, -0.2) is 0 Å². The number of nitrogens with two attached hydrogens (primary N) is 1. The second kappa shape index (κ2) is 5.37. The van der Waals surface area contributed by atoms with Crippen LogP contribution in [0.2, 0.25) is 0 Å². The summed E-state index contributed by atoms with van der Waals surface area (Å²) < 4.78 is 20.1. The maximum atomic E-state index is 11.5. The van der Waals surface area contributed by atoms with E-state index in [2.05, 4.69) is 4.74 Å². The van der Waals surface area contributed by atoms with Gasteiger partial charge in [0.2, 0.25) is 0 Å². The van der Waals surface area contributed by atoms with Crippen LogP contribution >= 0.6 is 0 Å². The summed E-state index contributed by atoms with van der Waals surface area (Å²) in [6.07, 6.45) is -1.44. The molecule has 2 atom stereocenters. The first-order valence-corrected chi connectivity index (χ1v) is 4.71. The molecule has 0 unspecified atom stereocenters. The fourth-order valence-corrected chi connectivity index (χ4v) is 1.08. The van der Waals surface area contributed by atoms with Gasteiger partial charge in [-0.15, -0.1) is 0 Å². The molecule has 0 aromatic heterocycles. The number of aromatic hydroxyl groups is 2. The molecule has 16 heavy (non-hydrogen) atoms. The predicted octanol–water partition coefficient (Wildman–Crippen LogP) is 0.531. The van der Waals surface area contributed by atoms with E-state index in [1.807, 2.05) is 0 Å². The van der Waals surface area contributed by atoms with Crippen molar-refractivity contribution in [2.24, 2.45) is 5.73 Å². The van der Waals surface area contributed by atoms with Gasteiger partial charge in [-0.3, -0.25) is 4.79 Å². The first kappa shape index (κ1) is 9.47. The van der Waals surface area contributed by atoms with Crippen LogP contribution in [0.15, 0.2) is 18.2 Å². The molecule has 4 N–H and O–H groups in total. The summed E-state index contributed by atoms with van der Waals surface area (Å²) >= 11 is 0. The average Bonchev–Trinajstić information content (AvgIpc) is 2.32. The normalized spacial score (nSPS) is 17.9. The molecule has 1 aromatic rings. The van der Waals surface area contributed by atoms with Crippen LogP contribution in [0.25, 0.3) is 0 Å². The first-order valence-electron chi connectivity index (χ1n) is 5.78. The lowest BCUT2D eigenvalue weighted by atomic mass is 10.1. The van der Waals surface area contributed by atoms with E-state index in [1.165, 1.54) is 6.07 Å². The van der Waals surface area contributed by atoms with E-state index in [9.17, 15) is 9.90 Å². The van der Waals surface area contributed by atoms with Crippen molar-refractivity contribution in [2.75, 3.05) is 6.61 Å². The molecular formula is C11H15NO4. The molecule has 0 saturated heterocycles. The van der Waals surface area contributed by atoms with E-state index in [4.69, 9.17) is 13.6 Å². The lowest BCUT2D eigenvalue weighted by molar-refractivity contribution is -0.144. The molecule has 0 fully saturated rings. The zero-order chi connectivity index (χ0) is 13.9. The fraction of sp³-hybridized carbons (Fsp3) is 0.364. The van der Waals surface area contributed by atoms with Crippen molar-refractivity contribution < 1.29 is 22.5 Å². The molecule has 0 aliphatic carbocycles. The van der Waals surface area contributed by atoms with Crippen molar-refractivity contribution in [3.63, 3.8) is 0 Å². The van der Waals surface area contributed by atoms with Gasteiger partial charge in [-0.05, 0) is 31.0 Å². The standard InChI is InChI=1S/C11H15NO4/c1-2-16-11(15)8(12)5-7-3-4-9(13)10(14)6-7/h3-4,6,8,13-14H,2,5,12H2,1H3/t8-/m0/s1/i5D,8D/t5-,8-. The van der Waals surface area contributed by atoms with Crippen LogP contribution in [0.4, 0.5) is 0 Å².